The van der Waals surface area contributed by atoms with E-state index < -0.39 is 0 Å². The molecular formula is C24H26N2O. The van der Waals surface area contributed by atoms with Gasteiger partial charge in [-0.3, -0.25) is 9.69 Å². The van der Waals surface area contributed by atoms with E-state index in [9.17, 15) is 4.79 Å². The van der Waals surface area contributed by atoms with Crippen molar-refractivity contribution in [2.75, 3.05) is 11.9 Å². The SMILES string of the molecule is Cc1ccccc1NC(=O)CCN(Cc1cccc2ccccc12)C1CC1. The van der Waals surface area contributed by atoms with E-state index in [0.717, 1.165) is 24.3 Å². The van der Waals surface area contributed by atoms with E-state index in [0.29, 0.717) is 12.5 Å². The minimum Gasteiger partial charge on any atom is -0.326 e. The van der Waals surface area contributed by atoms with Gasteiger partial charge in [-0.1, -0.05) is 60.7 Å². The number of hydrogen-bond donors (Lipinski definition) is 1. The predicted molar refractivity (Wildman–Crippen MR) is 112 cm³/mol. The summed E-state index contributed by atoms with van der Waals surface area (Å²) in [5, 5.41) is 5.65. The molecule has 0 radical (unpaired) electrons. The second kappa shape index (κ2) is 7.93. The molecule has 1 aliphatic rings. The molecule has 3 aromatic rings. The fraction of sp³-hybridized carbons (Fsp3) is 0.292. The van der Waals surface area contributed by atoms with Crippen LogP contribution in [0.3, 0.4) is 0 Å². The number of para-hydroxylation sites is 1. The van der Waals surface area contributed by atoms with E-state index in [1.165, 1.54) is 29.2 Å². The van der Waals surface area contributed by atoms with Crippen LogP contribution in [0.4, 0.5) is 5.69 Å². The zero-order valence-corrected chi connectivity index (χ0v) is 15.8. The maximum absolute atomic E-state index is 12.4. The number of fused-ring (bicyclic) bond motifs is 1. The summed E-state index contributed by atoms with van der Waals surface area (Å²) >= 11 is 0. The van der Waals surface area contributed by atoms with E-state index in [1.54, 1.807) is 0 Å². The molecule has 0 unspecified atom stereocenters. The third kappa shape index (κ3) is 4.37. The smallest absolute Gasteiger partial charge is 0.225 e. The number of carbonyl (C=O) groups excluding carboxylic acids is 1. The Morgan fingerprint density at radius 1 is 1.00 bits per heavy atom. The second-order valence-corrected chi connectivity index (χ2v) is 7.45. The standard InChI is InChI=1S/C24H26N2O/c1-18-7-2-5-12-23(18)25-24(27)15-16-26(21-13-14-21)17-20-10-6-9-19-8-3-4-11-22(19)20/h2-12,21H,13-17H2,1H3,(H,25,27). The fourth-order valence-electron chi connectivity index (χ4n) is 3.65. The molecular weight excluding hydrogens is 332 g/mol. The molecule has 0 atom stereocenters. The number of amides is 1. The van der Waals surface area contributed by atoms with Gasteiger partial charge in [-0.05, 0) is 47.7 Å². The average molecular weight is 358 g/mol. The lowest BCUT2D eigenvalue weighted by molar-refractivity contribution is -0.116. The Morgan fingerprint density at radius 2 is 1.74 bits per heavy atom. The highest BCUT2D eigenvalue weighted by Gasteiger charge is 2.29. The fourth-order valence-corrected chi connectivity index (χ4v) is 3.65. The Labute approximate surface area is 161 Å². The number of nitrogens with zero attached hydrogens (tertiary/aromatic N) is 1. The molecule has 0 saturated heterocycles. The van der Waals surface area contributed by atoms with E-state index >= 15 is 0 Å². The highest BCUT2D eigenvalue weighted by atomic mass is 16.1. The second-order valence-electron chi connectivity index (χ2n) is 7.45. The van der Waals surface area contributed by atoms with Crippen LogP contribution < -0.4 is 5.32 Å². The van der Waals surface area contributed by atoms with Gasteiger partial charge >= 0.3 is 0 Å². The van der Waals surface area contributed by atoms with Gasteiger partial charge in [0.1, 0.15) is 0 Å². The molecule has 1 aliphatic carbocycles. The number of benzene rings is 3. The summed E-state index contributed by atoms with van der Waals surface area (Å²) in [5.41, 5.74) is 3.36. The van der Waals surface area contributed by atoms with E-state index in [-0.39, 0.29) is 5.91 Å². The number of anilines is 1. The summed E-state index contributed by atoms with van der Waals surface area (Å²) in [5.74, 6) is 0.0906. The minimum absolute atomic E-state index is 0.0906. The van der Waals surface area contributed by atoms with Crippen molar-refractivity contribution in [3.63, 3.8) is 0 Å². The molecule has 0 spiro atoms. The lowest BCUT2D eigenvalue weighted by atomic mass is 10.0. The quantitative estimate of drug-likeness (QED) is 0.634. The number of carbonyl (C=O) groups is 1. The molecule has 1 N–H and O–H groups in total. The Morgan fingerprint density at radius 3 is 2.56 bits per heavy atom. The summed E-state index contributed by atoms with van der Waals surface area (Å²) < 4.78 is 0. The van der Waals surface area contributed by atoms with Gasteiger partial charge in [0.15, 0.2) is 0 Å². The van der Waals surface area contributed by atoms with E-state index in [1.807, 2.05) is 31.2 Å². The average Bonchev–Trinajstić information content (AvgIpc) is 3.52. The molecule has 1 amide bonds. The number of nitrogens with one attached hydrogen (secondary N) is 1. The normalized spacial score (nSPS) is 13.9. The first-order valence-corrected chi connectivity index (χ1v) is 9.77. The Hall–Kier alpha value is -2.65. The monoisotopic (exact) mass is 358 g/mol. The summed E-state index contributed by atoms with van der Waals surface area (Å²) in [6, 6.07) is 23.6. The highest BCUT2D eigenvalue weighted by Crippen LogP contribution is 2.30. The van der Waals surface area contributed by atoms with Crippen molar-refractivity contribution < 1.29 is 4.79 Å². The van der Waals surface area contributed by atoms with Gasteiger partial charge in [-0.25, -0.2) is 0 Å². The number of aryl methyl sites for hydroxylation is 1. The molecule has 0 bridgehead atoms. The van der Waals surface area contributed by atoms with Crippen LogP contribution in [0.1, 0.15) is 30.4 Å². The first-order valence-electron chi connectivity index (χ1n) is 9.77. The summed E-state index contributed by atoms with van der Waals surface area (Å²) in [4.78, 5) is 14.9. The van der Waals surface area contributed by atoms with Crippen molar-refractivity contribution in [3.05, 3.63) is 77.9 Å². The van der Waals surface area contributed by atoms with Crippen molar-refractivity contribution in [1.82, 2.24) is 4.90 Å². The summed E-state index contributed by atoms with van der Waals surface area (Å²) in [6.07, 6.45) is 3.00. The Kier molecular flexibility index (Phi) is 5.21. The summed E-state index contributed by atoms with van der Waals surface area (Å²) in [7, 11) is 0. The lowest BCUT2D eigenvalue weighted by Gasteiger charge is -2.23. The van der Waals surface area contributed by atoms with Crippen LogP contribution in [0.25, 0.3) is 10.8 Å². The van der Waals surface area contributed by atoms with E-state index in [2.05, 4.69) is 52.7 Å². The van der Waals surface area contributed by atoms with Gasteiger partial charge in [0.05, 0.1) is 0 Å². The first kappa shape index (κ1) is 17.7. The molecule has 0 aromatic heterocycles. The topological polar surface area (TPSA) is 32.3 Å². The third-order valence-electron chi connectivity index (χ3n) is 5.36. The van der Waals surface area contributed by atoms with Crippen LogP contribution in [0, 0.1) is 6.92 Å². The highest BCUT2D eigenvalue weighted by molar-refractivity contribution is 5.91. The van der Waals surface area contributed by atoms with Crippen molar-refractivity contribution in [2.24, 2.45) is 0 Å². The molecule has 1 fully saturated rings. The van der Waals surface area contributed by atoms with Gasteiger partial charge in [0.25, 0.3) is 0 Å². The van der Waals surface area contributed by atoms with Crippen LogP contribution in [0.5, 0.6) is 0 Å². The first-order chi connectivity index (χ1) is 13.2. The molecule has 3 aromatic carbocycles. The number of rotatable bonds is 7. The van der Waals surface area contributed by atoms with Crippen molar-refractivity contribution in [2.45, 2.75) is 38.8 Å². The van der Waals surface area contributed by atoms with E-state index in [4.69, 9.17) is 0 Å². The van der Waals surface area contributed by atoms with Crippen LogP contribution >= 0.6 is 0 Å². The van der Waals surface area contributed by atoms with Crippen molar-refractivity contribution in [3.8, 4) is 0 Å². The molecule has 0 aliphatic heterocycles. The van der Waals surface area contributed by atoms with Crippen LogP contribution in [-0.4, -0.2) is 23.4 Å². The molecule has 1 saturated carbocycles. The maximum Gasteiger partial charge on any atom is 0.225 e. The van der Waals surface area contributed by atoms with Gasteiger partial charge < -0.3 is 5.32 Å². The molecule has 138 valence electrons. The molecule has 27 heavy (non-hydrogen) atoms. The van der Waals surface area contributed by atoms with Crippen molar-refractivity contribution in [1.29, 1.82) is 0 Å². The predicted octanol–water partition coefficient (Wildman–Crippen LogP) is 5.14. The third-order valence-corrected chi connectivity index (χ3v) is 5.36. The summed E-state index contributed by atoms with van der Waals surface area (Å²) in [6.45, 7) is 3.72. The minimum atomic E-state index is 0.0906. The van der Waals surface area contributed by atoms with Gasteiger partial charge in [-0.2, -0.15) is 0 Å². The number of hydrogen-bond acceptors (Lipinski definition) is 2. The molecule has 3 heteroatoms. The molecule has 4 rings (SSSR count). The van der Waals surface area contributed by atoms with Crippen LogP contribution in [0.15, 0.2) is 66.7 Å². The molecule has 3 nitrogen and oxygen atoms in total. The maximum atomic E-state index is 12.4. The largest absolute Gasteiger partial charge is 0.326 e. The van der Waals surface area contributed by atoms with Crippen molar-refractivity contribution >= 4 is 22.4 Å². The van der Waals surface area contributed by atoms with Gasteiger partial charge in [-0.15, -0.1) is 0 Å². The van der Waals surface area contributed by atoms with Crippen LogP contribution in [0.2, 0.25) is 0 Å². The zero-order chi connectivity index (χ0) is 18.6. The van der Waals surface area contributed by atoms with Gasteiger partial charge in [0, 0.05) is 31.2 Å². The zero-order valence-electron chi connectivity index (χ0n) is 15.8. The Bertz CT molecular complexity index is 941. The Balaban J connectivity index is 1.41. The van der Waals surface area contributed by atoms with Gasteiger partial charge in [0.2, 0.25) is 5.91 Å². The lowest BCUT2D eigenvalue weighted by Crippen LogP contribution is -2.29. The molecule has 0 heterocycles. The van der Waals surface area contributed by atoms with Crippen LogP contribution in [-0.2, 0) is 11.3 Å².